The van der Waals surface area contributed by atoms with Crippen LogP contribution in [0.5, 0.6) is 5.88 Å². The number of hydrogen-bond donors (Lipinski definition) is 1. The van der Waals surface area contributed by atoms with Crippen molar-refractivity contribution in [2.75, 3.05) is 7.11 Å². The maximum atomic E-state index is 15.4. The van der Waals surface area contributed by atoms with Crippen molar-refractivity contribution in [1.29, 1.82) is 0 Å². The average Bonchev–Trinajstić information content (AvgIpc) is 3.59. The molecule has 12 heteroatoms. The first-order valence-electron chi connectivity index (χ1n) is 14.0. The Labute approximate surface area is 241 Å². The van der Waals surface area contributed by atoms with Gasteiger partial charge in [0.05, 0.1) is 12.8 Å². The Hall–Kier alpha value is -4.22. The minimum Gasteiger partial charge on any atom is -0.480 e. The molecular formula is C30H33F4N7O. The summed E-state index contributed by atoms with van der Waals surface area (Å²) in [5.41, 5.74) is 2.05. The van der Waals surface area contributed by atoms with E-state index in [0.717, 1.165) is 30.1 Å². The predicted octanol–water partition coefficient (Wildman–Crippen LogP) is 6.70. The fourth-order valence-electron chi connectivity index (χ4n) is 5.04. The number of aromatic nitrogens is 5. The van der Waals surface area contributed by atoms with Crippen LogP contribution in [0, 0.1) is 5.82 Å². The molecule has 1 aliphatic carbocycles. The minimum absolute atomic E-state index is 0.138. The van der Waals surface area contributed by atoms with Crippen LogP contribution in [0.4, 0.5) is 17.6 Å². The summed E-state index contributed by atoms with van der Waals surface area (Å²) in [6, 6.07) is 6.21. The van der Waals surface area contributed by atoms with E-state index in [9.17, 15) is 13.2 Å². The summed E-state index contributed by atoms with van der Waals surface area (Å²) in [6.07, 6.45) is 2.61. The Balaban J connectivity index is 0.00000173. The van der Waals surface area contributed by atoms with Crippen molar-refractivity contribution in [3.05, 3.63) is 77.5 Å². The number of rotatable bonds is 7. The van der Waals surface area contributed by atoms with Crippen molar-refractivity contribution in [3.8, 4) is 17.3 Å². The molecule has 8 nitrogen and oxygen atoms in total. The van der Waals surface area contributed by atoms with Gasteiger partial charge in [-0.2, -0.15) is 13.2 Å². The van der Waals surface area contributed by atoms with E-state index in [0.29, 0.717) is 40.9 Å². The molecule has 6 rings (SSSR count). The van der Waals surface area contributed by atoms with Gasteiger partial charge in [0.1, 0.15) is 35.2 Å². The first-order chi connectivity index (χ1) is 20.1. The van der Waals surface area contributed by atoms with Crippen molar-refractivity contribution >= 4 is 11.0 Å². The zero-order chi connectivity index (χ0) is 30.2. The second kappa shape index (κ2) is 11.6. The fraction of sp³-hybridized carbons (Fsp3) is 0.400. The number of nitrogens with zero attached hydrogens (tertiary/aromatic N) is 6. The molecule has 4 aromatic rings. The lowest BCUT2D eigenvalue weighted by molar-refractivity contribution is -0.0963. The Kier molecular flexibility index (Phi) is 8.07. The summed E-state index contributed by atoms with van der Waals surface area (Å²) < 4.78 is 62.8. The van der Waals surface area contributed by atoms with Gasteiger partial charge in [0.15, 0.2) is 5.82 Å². The zero-order valence-corrected chi connectivity index (χ0v) is 24.1. The Morgan fingerprint density at radius 3 is 2.50 bits per heavy atom. The van der Waals surface area contributed by atoms with Gasteiger partial charge < -0.3 is 19.5 Å². The molecule has 0 amide bonds. The van der Waals surface area contributed by atoms with Crippen LogP contribution in [0.25, 0.3) is 22.4 Å². The van der Waals surface area contributed by atoms with Gasteiger partial charge in [0, 0.05) is 48.0 Å². The summed E-state index contributed by atoms with van der Waals surface area (Å²) in [5, 5.41) is 3.24. The van der Waals surface area contributed by atoms with E-state index in [1.807, 2.05) is 30.7 Å². The van der Waals surface area contributed by atoms with Crippen LogP contribution < -0.4 is 10.1 Å². The van der Waals surface area contributed by atoms with Gasteiger partial charge in [-0.3, -0.25) is 0 Å². The van der Waals surface area contributed by atoms with Crippen LogP contribution >= 0.6 is 0 Å². The SMILES string of the molecule is CC.COc1ncnc(C2CC2)c1-c1ncc2ccn(Cc3ccc(C4NC(C(F)(F)F)=CN4C(C)C)c(F)c3)c2n1. The number of ether oxygens (including phenoxy) is 1. The number of halogens is 4. The third-order valence-electron chi connectivity index (χ3n) is 7.21. The number of hydrogen-bond acceptors (Lipinski definition) is 7. The van der Waals surface area contributed by atoms with Gasteiger partial charge in [0.2, 0.25) is 5.88 Å². The normalized spacial score (nSPS) is 16.8. The van der Waals surface area contributed by atoms with Crippen LogP contribution in [-0.4, -0.2) is 48.7 Å². The molecule has 2 aliphatic rings. The van der Waals surface area contributed by atoms with Crippen LogP contribution in [0.1, 0.15) is 69.4 Å². The average molecular weight is 584 g/mol. The van der Waals surface area contributed by atoms with Gasteiger partial charge in [-0.05, 0) is 44.4 Å². The van der Waals surface area contributed by atoms with E-state index in [1.165, 1.54) is 23.4 Å². The number of nitrogens with one attached hydrogen (secondary N) is 1. The van der Waals surface area contributed by atoms with Gasteiger partial charge in [-0.1, -0.05) is 26.0 Å². The van der Waals surface area contributed by atoms with Gasteiger partial charge in [-0.25, -0.2) is 24.3 Å². The highest BCUT2D eigenvalue weighted by Crippen LogP contribution is 2.45. The summed E-state index contributed by atoms with van der Waals surface area (Å²) in [6.45, 7) is 7.82. The predicted molar refractivity (Wildman–Crippen MR) is 151 cm³/mol. The van der Waals surface area contributed by atoms with E-state index < -0.39 is 23.9 Å². The maximum Gasteiger partial charge on any atom is 0.432 e. The van der Waals surface area contributed by atoms with E-state index in [1.54, 1.807) is 33.2 Å². The van der Waals surface area contributed by atoms with E-state index in [2.05, 4.69) is 20.3 Å². The third kappa shape index (κ3) is 5.62. The largest absolute Gasteiger partial charge is 0.480 e. The van der Waals surface area contributed by atoms with Crippen LogP contribution in [0.15, 0.2) is 54.9 Å². The zero-order valence-electron chi connectivity index (χ0n) is 24.1. The summed E-state index contributed by atoms with van der Waals surface area (Å²) in [5.74, 6) is 0.584. The topological polar surface area (TPSA) is 81.0 Å². The molecule has 1 atom stereocenters. The highest BCUT2D eigenvalue weighted by Gasteiger charge is 2.42. The molecule has 4 heterocycles. The highest BCUT2D eigenvalue weighted by molar-refractivity contribution is 5.78. The van der Waals surface area contributed by atoms with Crippen molar-refractivity contribution < 1.29 is 22.3 Å². The molecule has 222 valence electrons. The molecule has 0 bridgehead atoms. The van der Waals surface area contributed by atoms with Gasteiger partial charge in [0.25, 0.3) is 0 Å². The molecule has 1 saturated carbocycles. The lowest BCUT2D eigenvalue weighted by Gasteiger charge is -2.30. The highest BCUT2D eigenvalue weighted by atomic mass is 19.4. The van der Waals surface area contributed by atoms with Crippen LogP contribution in [0.3, 0.4) is 0 Å². The van der Waals surface area contributed by atoms with E-state index >= 15 is 4.39 Å². The van der Waals surface area contributed by atoms with Gasteiger partial charge in [-0.15, -0.1) is 0 Å². The molecule has 0 saturated heterocycles. The first kappa shape index (κ1) is 29.3. The molecule has 0 radical (unpaired) electrons. The van der Waals surface area contributed by atoms with Crippen molar-refractivity contribution in [1.82, 2.24) is 34.7 Å². The Bertz CT molecular complexity index is 1610. The number of fused-ring (bicyclic) bond motifs is 1. The van der Waals surface area contributed by atoms with Crippen LogP contribution in [-0.2, 0) is 6.54 Å². The maximum absolute atomic E-state index is 15.4. The second-order valence-corrected chi connectivity index (χ2v) is 10.3. The molecule has 1 N–H and O–H groups in total. The Morgan fingerprint density at radius 2 is 1.86 bits per heavy atom. The summed E-state index contributed by atoms with van der Waals surface area (Å²) in [4.78, 5) is 19.6. The van der Waals surface area contributed by atoms with Crippen molar-refractivity contribution in [2.24, 2.45) is 0 Å². The number of benzene rings is 1. The molecule has 1 aliphatic heterocycles. The number of allylic oxidation sites excluding steroid dienone is 1. The first-order valence-corrected chi connectivity index (χ1v) is 14.0. The number of alkyl halides is 3. The van der Waals surface area contributed by atoms with Crippen molar-refractivity contribution in [2.45, 2.75) is 71.4 Å². The van der Waals surface area contributed by atoms with Gasteiger partial charge >= 0.3 is 6.18 Å². The summed E-state index contributed by atoms with van der Waals surface area (Å²) in [7, 11) is 1.55. The molecule has 1 unspecified atom stereocenters. The molecule has 0 spiro atoms. The lowest BCUT2D eigenvalue weighted by atomic mass is 10.1. The van der Waals surface area contributed by atoms with E-state index in [-0.39, 0.29) is 11.6 Å². The molecule has 1 fully saturated rings. The quantitative estimate of drug-likeness (QED) is 0.243. The third-order valence-corrected chi connectivity index (χ3v) is 7.21. The smallest absolute Gasteiger partial charge is 0.432 e. The van der Waals surface area contributed by atoms with Crippen molar-refractivity contribution in [3.63, 3.8) is 0 Å². The fourth-order valence-corrected chi connectivity index (χ4v) is 5.04. The van der Waals surface area contributed by atoms with Crippen LogP contribution in [0.2, 0.25) is 0 Å². The Morgan fingerprint density at radius 1 is 1.10 bits per heavy atom. The lowest BCUT2D eigenvalue weighted by Crippen LogP contribution is -2.34. The minimum atomic E-state index is -4.55. The monoisotopic (exact) mass is 583 g/mol. The number of methoxy groups -OCH3 is 1. The molecule has 1 aromatic carbocycles. The standard InChI is InChI=1S/C28H27F4N7O.C2H6/c1-15(2)39-13-21(28(30,31)32)36-26(39)19-7-4-16(10-20(19)29)12-38-9-8-18-11-33-24(37-25(18)38)22-23(17-5-6-17)34-14-35-27(22)40-3;1-2/h4,7-11,13-15,17,26,36H,5-6,12H2,1-3H3;1-2H3. The molecule has 3 aromatic heterocycles. The molecular weight excluding hydrogens is 550 g/mol. The van der Waals surface area contributed by atoms with E-state index in [4.69, 9.17) is 9.72 Å². The summed E-state index contributed by atoms with van der Waals surface area (Å²) >= 11 is 0. The molecule has 42 heavy (non-hydrogen) atoms. The second-order valence-electron chi connectivity index (χ2n) is 10.3.